The summed E-state index contributed by atoms with van der Waals surface area (Å²) in [6, 6.07) is 0. The van der Waals surface area contributed by atoms with Crippen LogP contribution in [0.15, 0.2) is 0 Å². The summed E-state index contributed by atoms with van der Waals surface area (Å²) >= 11 is 0. The first-order chi connectivity index (χ1) is 7.27. The highest BCUT2D eigenvalue weighted by Gasteiger charge is 2.21. The van der Waals surface area contributed by atoms with E-state index in [0.29, 0.717) is 19.7 Å². The van der Waals surface area contributed by atoms with Crippen LogP contribution in [0.3, 0.4) is 0 Å². The zero-order valence-corrected chi connectivity index (χ0v) is 9.03. The Balaban J connectivity index is 2.28. The van der Waals surface area contributed by atoms with Crippen LogP contribution in [0.25, 0.3) is 0 Å². The van der Waals surface area contributed by atoms with Crippen molar-refractivity contribution < 1.29 is 14.6 Å². The standard InChI is InChI=1S/C11H17NO3/c1-2-3-11(14)12-6-4-10(5-7-12)15-9-8-13/h10,13H,4-9H2,1H3. The number of nitrogens with zero attached hydrogens (tertiary/aromatic N) is 1. The Labute approximate surface area is 90.2 Å². The maximum absolute atomic E-state index is 11.4. The van der Waals surface area contributed by atoms with E-state index in [9.17, 15) is 4.79 Å². The van der Waals surface area contributed by atoms with Crippen LogP contribution in [-0.4, -0.2) is 48.3 Å². The van der Waals surface area contributed by atoms with Crippen molar-refractivity contribution >= 4 is 5.91 Å². The van der Waals surface area contributed by atoms with Crippen LogP contribution >= 0.6 is 0 Å². The molecule has 15 heavy (non-hydrogen) atoms. The van der Waals surface area contributed by atoms with Gasteiger partial charge >= 0.3 is 0 Å². The molecule has 0 aromatic rings. The molecule has 0 atom stereocenters. The van der Waals surface area contributed by atoms with Crippen molar-refractivity contribution in [3.8, 4) is 11.8 Å². The third-order valence-electron chi connectivity index (χ3n) is 2.41. The van der Waals surface area contributed by atoms with Gasteiger partial charge < -0.3 is 14.7 Å². The monoisotopic (exact) mass is 211 g/mol. The van der Waals surface area contributed by atoms with Crippen molar-refractivity contribution in [3.63, 3.8) is 0 Å². The molecule has 1 heterocycles. The van der Waals surface area contributed by atoms with Gasteiger partial charge in [0, 0.05) is 13.1 Å². The second kappa shape index (κ2) is 6.44. The molecule has 0 aromatic carbocycles. The van der Waals surface area contributed by atoms with Crippen molar-refractivity contribution in [1.29, 1.82) is 0 Å². The molecule has 1 saturated heterocycles. The molecule has 0 bridgehead atoms. The summed E-state index contributed by atoms with van der Waals surface area (Å²) in [6.07, 6.45) is 1.84. The zero-order chi connectivity index (χ0) is 11.1. The minimum absolute atomic E-state index is 0.0560. The first kappa shape index (κ1) is 12.0. The van der Waals surface area contributed by atoms with E-state index in [4.69, 9.17) is 9.84 Å². The number of hydrogen-bond acceptors (Lipinski definition) is 3. The van der Waals surface area contributed by atoms with E-state index in [-0.39, 0.29) is 18.6 Å². The van der Waals surface area contributed by atoms with Crippen LogP contribution in [0.1, 0.15) is 19.8 Å². The van der Waals surface area contributed by atoms with Gasteiger partial charge in [-0.1, -0.05) is 5.92 Å². The normalized spacial score (nSPS) is 17.1. The average Bonchev–Trinajstić information content (AvgIpc) is 2.27. The Kier molecular flexibility index (Phi) is 5.16. The van der Waals surface area contributed by atoms with E-state index in [0.717, 1.165) is 12.8 Å². The lowest BCUT2D eigenvalue weighted by atomic mass is 10.1. The zero-order valence-electron chi connectivity index (χ0n) is 9.03. The molecule has 0 saturated carbocycles. The quantitative estimate of drug-likeness (QED) is 0.669. The van der Waals surface area contributed by atoms with Crippen molar-refractivity contribution in [3.05, 3.63) is 0 Å². The highest BCUT2D eigenvalue weighted by atomic mass is 16.5. The fourth-order valence-corrected chi connectivity index (χ4v) is 1.63. The number of aliphatic hydroxyl groups excluding tert-OH is 1. The van der Waals surface area contributed by atoms with E-state index in [2.05, 4.69) is 11.8 Å². The summed E-state index contributed by atoms with van der Waals surface area (Å²) in [4.78, 5) is 13.1. The number of aliphatic hydroxyl groups is 1. The van der Waals surface area contributed by atoms with Crippen LogP contribution in [0.4, 0.5) is 0 Å². The number of ether oxygens (including phenoxy) is 1. The summed E-state index contributed by atoms with van der Waals surface area (Å²) in [6.45, 7) is 3.50. The van der Waals surface area contributed by atoms with E-state index in [1.165, 1.54) is 0 Å². The molecule has 0 unspecified atom stereocenters. The van der Waals surface area contributed by atoms with Gasteiger partial charge in [0.05, 0.1) is 19.3 Å². The molecule has 0 spiro atoms. The Morgan fingerprint density at radius 3 is 2.73 bits per heavy atom. The number of carbonyl (C=O) groups excluding carboxylic acids is 1. The van der Waals surface area contributed by atoms with Gasteiger partial charge in [0.2, 0.25) is 0 Å². The molecular formula is C11H17NO3. The summed E-state index contributed by atoms with van der Waals surface area (Å²) in [5, 5.41) is 8.60. The Morgan fingerprint density at radius 2 is 2.20 bits per heavy atom. The second-order valence-corrected chi connectivity index (χ2v) is 3.46. The van der Waals surface area contributed by atoms with Gasteiger partial charge in [-0.25, -0.2) is 0 Å². The fraction of sp³-hybridized carbons (Fsp3) is 0.727. The molecule has 0 aromatic heterocycles. The fourth-order valence-electron chi connectivity index (χ4n) is 1.63. The summed E-state index contributed by atoms with van der Waals surface area (Å²) in [7, 11) is 0. The predicted octanol–water partition coefficient (Wildman–Crippen LogP) is 0.00960. The third kappa shape index (κ3) is 3.90. The van der Waals surface area contributed by atoms with Crippen molar-refractivity contribution in [2.75, 3.05) is 26.3 Å². The van der Waals surface area contributed by atoms with Gasteiger partial charge in [-0.15, -0.1) is 0 Å². The van der Waals surface area contributed by atoms with Gasteiger partial charge in [-0.2, -0.15) is 0 Å². The molecule has 0 radical (unpaired) electrons. The van der Waals surface area contributed by atoms with Crippen LogP contribution in [-0.2, 0) is 9.53 Å². The van der Waals surface area contributed by atoms with E-state index < -0.39 is 0 Å². The molecule has 1 N–H and O–H groups in total. The highest BCUT2D eigenvalue weighted by Crippen LogP contribution is 2.13. The topological polar surface area (TPSA) is 49.8 Å². The van der Waals surface area contributed by atoms with E-state index in [1.807, 2.05) is 0 Å². The van der Waals surface area contributed by atoms with Gasteiger partial charge in [-0.3, -0.25) is 4.79 Å². The van der Waals surface area contributed by atoms with Gasteiger partial charge in [0.25, 0.3) is 5.91 Å². The lowest BCUT2D eigenvalue weighted by molar-refractivity contribution is -0.127. The largest absolute Gasteiger partial charge is 0.394 e. The molecule has 0 aliphatic carbocycles. The maximum atomic E-state index is 11.4. The van der Waals surface area contributed by atoms with Crippen molar-refractivity contribution in [2.24, 2.45) is 0 Å². The number of amides is 1. The van der Waals surface area contributed by atoms with Gasteiger partial charge in [0.1, 0.15) is 0 Å². The molecule has 1 amide bonds. The van der Waals surface area contributed by atoms with Gasteiger partial charge in [-0.05, 0) is 25.7 Å². The smallest absolute Gasteiger partial charge is 0.298 e. The Morgan fingerprint density at radius 1 is 1.53 bits per heavy atom. The number of likely N-dealkylation sites (tertiary alicyclic amines) is 1. The molecule has 4 nitrogen and oxygen atoms in total. The van der Waals surface area contributed by atoms with Crippen LogP contribution in [0.5, 0.6) is 0 Å². The Hall–Kier alpha value is -1.05. The van der Waals surface area contributed by atoms with E-state index >= 15 is 0 Å². The van der Waals surface area contributed by atoms with Crippen molar-refractivity contribution in [2.45, 2.75) is 25.9 Å². The van der Waals surface area contributed by atoms with Crippen LogP contribution in [0, 0.1) is 11.8 Å². The molecule has 4 heteroatoms. The molecule has 1 aliphatic heterocycles. The third-order valence-corrected chi connectivity index (χ3v) is 2.41. The van der Waals surface area contributed by atoms with Gasteiger partial charge in [0.15, 0.2) is 0 Å². The highest BCUT2D eigenvalue weighted by molar-refractivity contribution is 5.93. The first-order valence-corrected chi connectivity index (χ1v) is 5.22. The average molecular weight is 211 g/mol. The molecule has 84 valence electrons. The summed E-state index contributed by atoms with van der Waals surface area (Å²) in [5.41, 5.74) is 0. The number of carbonyl (C=O) groups is 1. The number of rotatable bonds is 3. The molecule has 1 rings (SSSR count). The first-order valence-electron chi connectivity index (χ1n) is 5.22. The lowest BCUT2D eigenvalue weighted by Gasteiger charge is -2.30. The summed E-state index contributed by atoms with van der Waals surface area (Å²) < 4.78 is 5.40. The minimum Gasteiger partial charge on any atom is -0.394 e. The number of piperidine rings is 1. The van der Waals surface area contributed by atoms with Crippen LogP contribution < -0.4 is 0 Å². The van der Waals surface area contributed by atoms with Crippen LogP contribution in [0.2, 0.25) is 0 Å². The Bertz CT molecular complexity index is 259. The molecule has 1 aliphatic rings. The lowest BCUT2D eigenvalue weighted by Crippen LogP contribution is -2.40. The SMILES string of the molecule is CC#CC(=O)N1CCC(OCCO)CC1. The van der Waals surface area contributed by atoms with E-state index in [1.54, 1.807) is 11.8 Å². The maximum Gasteiger partial charge on any atom is 0.298 e. The molecule has 1 fully saturated rings. The summed E-state index contributed by atoms with van der Waals surface area (Å²) in [5.74, 6) is 5.04. The second-order valence-electron chi connectivity index (χ2n) is 3.46. The minimum atomic E-state index is -0.0990. The van der Waals surface area contributed by atoms with Crippen molar-refractivity contribution in [1.82, 2.24) is 4.90 Å². The predicted molar refractivity (Wildman–Crippen MR) is 56.1 cm³/mol. The molecular weight excluding hydrogens is 194 g/mol. The number of hydrogen-bond donors (Lipinski definition) is 1.